The first-order chi connectivity index (χ1) is 20.9. The van der Waals surface area contributed by atoms with Crippen molar-refractivity contribution in [2.75, 3.05) is 26.2 Å². The molecule has 1 aromatic carbocycles. The molecule has 1 aromatic rings. The van der Waals surface area contributed by atoms with Crippen LogP contribution in [0, 0.1) is 0 Å². The van der Waals surface area contributed by atoms with Crippen molar-refractivity contribution in [1.82, 2.24) is 20.0 Å². The number of piperidine rings is 3. The van der Waals surface area contributed by atoms with Gasteiger partial charge in [-0.15, -0.1) is 0 Å². The monoisotopic (exact) mass is 614 g/mol. The fourth-order valence-electron chi connectivity index (χ4n) is 7.23. The number of alkyl halides is 1. The molecule has 4 aliphatic heterocycles. The standard InChI is InChI=1S/C32H43FN4O7/c1-32(2,3)44-31(42)35-11-8-20(9-12-35)43-21-15-19(16-21)36-13-10-22(25(33)17-36)18-4-5-23-24(14-18)30(41)37(29(23)40)26-6-7-27(38)34-28(26)39/h4-5,14,19-22,25-26,29,40H,6-13,15-17H2,1-3H3,(H,34,38,39). The van der Waals surface area contributed by atoms with E-state index in [-0.39, 0.29) is 48.7 Å². The Hall–Kier alpha value is -3.09. The fourth-order valence-corrected chi connectivity index (χ4v) is 7.23. The molecular weight excluding hydrogens is 571 g/mol. The Morgan fingerprint density at radius 1 is 1.02 bits per heavy atom. The summed E-state index contributed by atoms with van der Waals surface area (Å²) in [7, 11) is 0. The summed E-state index contributed by atoms with van der Waals surface area (Å²) in [6.07, 6.45) is 1.75. The van der Waals surface area contributed by atoms with Crippen molar-refractivity contribution in [2.45, 2.75) is 114 Å². The third-order valence-corrected chi connectivity index (χ3v) is 9.70. The van der Waals surface area contributed by atoms with Gasteiger partial charge >= 0.3 is 6.09 Å². The first kappa shape index (κ1) is 30.9. The van der Waals surface area contributed by atoms with Crippen LogP contribution >= 0.6 is 0 Å². The third-order valence-electron chi connectivity index (χ3n) is 9.70. The van der Waals surface area contributed by atoms with E-state index in [1.54, 1.807) is 23.1 Å². The van der Waals surface area contributed by atoms with Crippen LogP contribution in [0.3, 0.4) is 0 Å². The van der Waals surface area contributed by atoms with Crippen LogP contribution in [0.15, 0.2) is 18.2 Å². The van der Waals surface area contributed by atoms with Crippen LogP contribution in [-0.2, 0) is 19.1 Å². The van der Waals surface area contributed by atoms with Crippen molar-refractivity contribution in [3.63, 3.8) is 0 Å². The number of hydrogen-bond donors (Lipinski definition) is 2. The number of fused-ring (bicyclic) bond motifs is 1. The summed E-state index contributed by atoms with van der Waals surface area (Å²) in [5.74, 6) is -1.83. The number of imide groups is 1. The van der Waals surface area contributed by atoms with Crippen LogP contribution in [0.5, 0.6) is 0 Å². The molecule has 5 aliphatic rings. The normalized spacial score (nSPS) is 31.9. The molecule has 4 amide bonds. The molecule has 44 heavy (non-hydrogen) atoms. The number of nitrogens with one attached hydrogen (secondary N) is 1. The Morgan fingerprint density at radius 3 is 2.41 bits per heavy atom. The lowest BCUT2D eigenvalue weighted by molar-refractivity contribution is -0.139. The highest BCUT2D eigenvalue weighted by molar-refractivity contribution is 6.05. The maximum absolute atomic E-state index is 15.6. The Balaban J connectivity index is 0.977. The van der Waals surface area contributed by atoms with Gasteiger partial charge in [0.25, 0.3) is 5.91 Å². The lowest BCUT2D eigenvalue weighted by Crippen LogP contribution is -2.54. The maximum Gasteiger partial charge on any atom is 0.410 e. The summed E-state index contributed by atoms with van der Waals surface area (Å²) >= 11 is 0. The average molecular weight is 615 g/mol. The zero-order chi connectivity index (χ0) is 31.3. The molecule has 1 aliphatic carbocycles. The van der Waals surface area contributed by atoms with Crippen molar-refractivity contribution in [3.8, 4) is 0 Å². The van der Waals surface area contributed by atoms with Crippen molar-refractivity contribution >= 4 is 23.8 Å². The van der Waals surface area contributed by atoms with E-state index < -0.39 is 41.8 Å². The molecule has 2 N–H and O–H groups in total. The molecule has 0 bridgehead atoms. The van der Waals surface area contributed by atoms with Gasteiger partial charge in [-0.25, -0.2) is 9.18 Å². The van der Waals surface area contributed by atoms with Crippen LogP contribution in [0.2, 0.25) is 0 Å². The van der Waals surface area contributed by atoms with Gasteiger partial charge in [0.2, 0.25) is 11.8 Å². The molecule has 0 spiro atoms. The summed E-state index contributed by atoms with van der Waals surface area (Å²) in [4.78, 5) is 54.6. The Morgan fingerprint density at radius 2 is 1.75 bits per heavy atom. The van der Waals surface area contributed by atoms with Crippen molar-refractivity contribution in [2.24, 2.45) is 0 Å². The number of hydrogen-bond acceptors (Lipinski definition) is 8. The number of carbonyl (C=O) groups excluding carboxylic acids is 4. The zero-order valence-corrected chi connectivity index (χ0v) is 25.7. The lowest BCUT2D eigenvalue weighted by atomic mass is 9.82. The van der Waals surface area contributed by atoms with Gasteiger partial charge in [0.05, 0.1) is 12.2 Å². The van der Waals surface area contributed by atoms with Gasteiger partial charge in [-0.3, -0.25) is 29.5 Å². The number of likely N-dealkylation sites (tertiary alicyclic amines) is 2. The van der Waals surface area contributed by atoms with Gasteiger partial charge in [0.1, 0.15) is 17.8 Å². The fraction of sp³-hybridized carbons (Fsp3) is 0.688. The summed E-state index contributed by atoms with van der Waals surface area (Å²) in [5.41, 5.74) is 0.885. The molecule has 6 rings (SSSR count). The van der Waals surface area contributed by atoms with E-state index in [9.17, 15) is 24.3 Å². The predicted molar refractivity (Wildman–Crippen MR) is 156 cm³/mol. The Kier molecular flexibility index (Phi) is 8.44. The zero-order valence-electron chi connectivity index (χ0n) is 25.7. The van der Waals surface area contributed by atoms with Crippen molar-refractivity contribution < 1.29 is 38.1 Å². The van der Waals surface area contributed by atoms with E-state index in [0.29, 0.717) is 37.2 Å². The molecule has 240 valence electrons. The summed E-state index contributed by atoms with van der Waals surface area (Å²) in [5, 5.41) is 13.1. The third kappa shape index (κ3) is 6.21. The summed E-state index contributed by atoms with van der Waals surface area (Å²) in [6.45, 7) is 7.89. The molecule has 1 saturated carbocycles. The second kappa shape index (κ2) is 12.0. The second-order valence-electron chi connectivity index (χ2n) is 13.9. The van der Waals surface area contributed by atoms with Crippen LogP contribution in [0.1, 0.15) is 99.3 Å². The van der Waals surface area contributed by atoms with E-state index in [4.69, 9.17) is 9.47 Å². The van der Waals surface area contributed by atoms with Crippen molar-refractivity contribution in [3.05, 3.63) is 34.9 Å². The largest absolute Gasteiger partial charge is 0.444 e. The molecule has 11 nitrogen and oxygen atoms in total. The molecular formula is C32H43FN4O7. The smallest absolute Gasteiger partial charge is 0.410 e. The van der Waals surface area contributed by atoms with E-state index >= 15 is 4.39 Å². The van der Waals surface area contributed by atoms with Crippen LogP contribution in [0.25, 0.3) is 0 Å². The Labute approximate surface area is 257 Å². The van der Waals surface area contributed by atoms with Crippen LogP contribution in [-0.4, -0.2) is 106 Å². The number of carbonyl (C=O) groups is 4. The van der Waals surface area contributed by atoms with E-state index in [1.807, 2.05) is 20.8 Å². The molecule has 0 aromatic heterocycles. The van der Waals surface area contributed by atoms with E-state index in [2.05, 4.69) is 10.2 Å². The van der Waals surface area contributed by atoms with Gasteiger partial charge < -0.3 is 19.5 Å². The van der Waals surface area contributed by atoms with Gasteiger partial charge in [0.15, 0.2) is 6.23 Å². The maximum atomic E-state index is 15.6. The van der Waals surface area contributed by atoms with E-state index in [1.165, 1.54) is 0 Å². The summed E-state index contributed by atoms with van der Waals surface area (Å²) < 4.78 is 27.4. The highest BCUT2D eigenvalue weighted by Crippen LogP contribution is 2.40. The minimum atomic E-state index is -1.29. The predicted octanol–water partition coefficient (Wildman–Crippen LogP) is 3.01. The highest BCUT2D eigenvalue weighted by Gasteiger charge is 2.45. The number of amides is 4. The minimum Gasteiger partial charge on any atom is -0.444 e. The number of aliphatic hydroxyl groups excluding tert-OH is 1. The molecule has 4 atom stereocenters. The first-order valence-corrected chi connectivity index (χ1v) is 15.9. The molecule has 0 radical (unpaired) electrons. The molecule has 4 heterocycles. The van der Waals surface area contributed by atoms with Gasteiger partial charge in [-0.1, -0.05) is 12.1 Å². The molecule has 12 heteroatoms. The van der Waals surface area contributed by atoms with Gasteiger partial charge in [0, 0.05) is 49.1 Å². The second-order valence-corrected chi connectivity index (χ2v) is 13.9. The number of rotatable bonds is 5. The molecule has 4 unspecified atom stereocenters. The molecule has 3 saturated heterocycles. The van der Waals surface area contributed by atoms with Gasteiger partial charge in [-0.05, 0) is 77.5 Å². The highest BCUT2D eigenvalue weighted by atomic mass is 19.1. The SMILES string of the molecule is CC(C)(C)OC(=O)N1CCC(OC2CC(N3CCC(c4ccc5c(c4)C(=O)N(C4CCC(=O)NC4=O)C5O)C(F)C3)C2)CC1. The number of halogens is 1. The van der Waals surface area contributed by atoms with Crippen molar-refractivity contribution in [1.29, 1.82) is 0 Å². The van der Waals surface area contributed by atoms with E-state index in [0.717, 1.165) is 37.1 Å². The number of nitrogens with zero attached hydrogens (tertiary/aromatic N) is 3. The number of aliphatic hydroxyl groups is 1. The average Bonchev–Trinajstić information content (AvgIpc) is 3.18. The molecule has 4 fully saturated rings. The summed E-state index contributed by atoms with van der Waals surface area (Å²) in [6, 6.07) is 4.45. The topological polar surface area (TPSA) is 129 Å². The minimum absolute atomic E-state index is 0.0969. The Bertz CT molecular complexity index is 1300. The van der Waals surface area contributed by atoms with Gasteiger partial charge in [-0.2, -0.15) is 0 Å². The number of benzene rings is 1. The van der Waals surface area contributed by atoms with Crippen LogP contribution < -0.4 is 5.32 Å². The first-order valence-electron chi connectivity index (χ1n) is 15.9. The quantitative estimate of drug-likeness (QED) is 0.485. The van der Waals surface area contributed by atoms with Crippen LogP contribution in [0.4, 0.5) is 9.18 Å². The number of ether oxygens (including phenoxy) is 2. The lowest BCUT2D eigenvalue weighted by Gasteiger charge is -2.47.